The molecule has 0 saturated carbocycles. The lowest BCUT2D eigenvalue weighted by Crippen LogP contribution is -2.45. The minimum Gasteiger partial charge on any atom is -0.316 e. The Kier molecular flexibility index (Phi) is 4.70. The molecular weight excluding hydrogens is 265 g/mol. The van der Waals surface area contributed by atoms with Gasteiger partial charge in [-0.15, -0.1) is 0 Å². The predicted octanol–water partition coefficient (Wildman–Crippen LogP) is 3.45. The van der Waals surface area contributed by atoms with Crippen molar-refractivity contribution in [2.75, 3.05) is 20.1 Å². The minimum absolute atomic E-state index is 0.147. The van der Waals surface area contributed by atoms with Crippen LogP contribution in [0.2, 0.25) is 0 Å². The van der Waals surface area contributed by atoms with E-state index in [4.69, 9.17) is 0 Å². The maximum atomic E-state index is 12.6. The van der Waals surface area contributed by atoms with Gasteiger partial charge in [0.1, 0.15) is 0 Å². The van der Waals surface area contributed by atoms with Crippen LogP contribution in [-0.2, 0) is 6.18 Å². The van der Waals surface area contributed by atoms with Crippen molar-refractivity contribution in [3.05, 3.63) is 35.4 Å². The molecule has 1 aliphatic heterocycles. The zero-order chi connectivity index (χ0) is 14.8. The van der Waals surface area contributed by atoms with E-state index in [1.165, 1.54) is 12.1 Å². The third-order valence-electron chi connectivity index (χ3n) is 4.13. The van der Waals surface area contributed by atoms with Gasteiger partial charge in [-0.3, -0.25) is 4.90 Å². The zero-order valence-corrected chi connectivity index (χ0v) is 11.9. The number of likely N-dealkylation sites (N-methyl/N-ethyl adjacent to an activating group) is 1. The van der Waals surface area contributed by atoms with Crippen LogP contribution in [0, 0.1) is 0 Å². The average Bonchev–Trinajstić information content (AvgIpc) is 2.46. The number of hydrogen-bond donors (Lipinski definition) is 1. The SMILES string of the molecule is CNC1CCCN(C(C)c2ccc(C(F)(F)F)cc2)C1. The van der Waals surface area contributed by atoms with Gasteiger partial charge in [-0.05, 0) is 51.1 Å². The minimum atomic E-state index is -4.26. The van der Waals surface area contributed by atoms with Crippen molar-refractivity contribution < 1.29 is 13.2 Å². The van der Waals surface area contributed by atoms with Crippen LogP contribution in [-0.4, -0.2) is 31.1 Å². The Bertz CT molecular complexity index is 428. The van der Waals surface area contributed by atoms with Gasteiger partial charge >= 0.3 is 6.18 Å². The van der Waals surface area contributed by atoms with Gasteiger partial charge in [-0.1, -0.05) is 12.1 Å². The fourth-order valence-electron chi connectivity index (χ4n) is 2.76. The van der Waals surface area contributed by atoms with E-state index in [0.717, 1.165) is 31.5 Å². The Balaban J connectivity index is 2.07. The molecule has 0 spiro atoms. The molecule has 2 atom stereocenters. The van der Waals surface area contributed by atoms with Crippen LogP contribution in [0.15, 0.2) is 24.3 Å². The molecule has 0 radical (unpaired) electrons. The topological polar surface area (TPSA) is 15.3 Å². The van der Waals surface area contributed by atoms with Gasteiger partial charge in [0.2, 0.25) is 0 Å². The molecule has 2 rings (SSSR count). The lowest BCUT2D eigenvalue weighted by atomic mass is 9.99. The van der Waals surface area contributed by atoms with E-state index in [1.54, 1.807) is 12.1 Å². The Morgan fingerprint density at radius 2 is 1.90 bits per heavy atom. The van der Waals surface area contributed by atoms with E-state index in [0.29, 0.717) is 6.04 Å². The van der Waals surface area contributed by atoms with Gasteiger partial charge in [-0.2, -0.15) is 13.2 Å². The Hall–Kier alpha value is -1.07. The Morgan fingerprint density at radius 1 is 1.25 bits per heavy atom. The molecule has 2 unspecified atom stereocenters. The van der Waals surface area contributed by atoms with Crippen molar-refractivity contribution in [2.24, 2.45) is 0 Å². The van der Waals surface area contributed by atoms with Crippen LogP contribution in [0.25, 0.3) is 0 Å². The van der Waals surface area contributed by atoms with Crippen LogP contribution in [0.4, 0.5) is 13.2 Å². The lowest BCUT2D eigenvalue weighted by Gasteiger charge is -2.37. The number of piperidine rings is 1. The van der Waals surface area contributed by atoms with Crippen LogP contribution < -0.4 is 5.32 Å². The fraction of sp³-hybridized carbons (Fsp3) is 0.600. The van der Waals surface area contributed by atoms with Crippen LogP contribution >= 0.6 is 0 Å². The number of likely N-dealkylation sites (tertiary alicyclic amines) is 1. The highest BCUT2D eigenvalue weighted by Crippen LogP contribution is 2.31. The summed E-state index contributed by atoms with van der Waals surface area (Å²) in [7, 11) is 1.96. The van der Waals surface area contributed by atoms with Gasteiger partial charge < -0.3 is 5.32 Å². The smallest absolute Gasteiger partial charge is 0.316 e. The summed E-state index contributed by atoms with van der Waals surface area (Å²) in [6, 6.07) is 6.15. The van der Waals surface area contributed by atoms with E-state index in [2.05, 4.69) is 17.1 Å². The standard InChI is InChI=1S/C15H21F3N2/c1-11(20-9-3-4-14(10-20)19-2)12-5-7-13(8-6-12)15(16,17)18/h5-8,11,14,19H,3-4,9-10H2,1-2H3. The summed E-state index contributed by atoms with van der Waals surface area (Å²) in [5.74, 6) is 0. The molecule has 0 aliphatic carbocycles. The Labute approximate surface area is 118 Å². The summed E-state index contributed by atoms with van der Waals surface area (Å²) < 4.78 is 37.7. The first-order chi connectivity index (χ1) is 9.41. The molecule has 1 heterocycles. The maximum absolute atomic E-state index is 12.6. The van der Waals surface area contributed by atoms with E-state index in [-0.39, 0.29) is 6.04 Å². The average molecular weight is 286 g/mol. The predicted molar refractivity (Wildman–Crippen MR) is 73.5 cm³/mol. The molecule has 112 valence electrons. The maximum Gasteiger partial charge on any atom is 0.416 e. The number of nitrogens with zero attached hydrogens (tertiary/aromatic N) is 1. The second-order valence-electron chi connectivity index (χ2n) is 5.42. The second kappa shape index (κ2) is 6.14. The van der Waals surface area contributed by atoms with E-state index in [1.807, 2.05) is 7.05 Å². The fourth-order valence-corrected chi connectivity index (χ4v) is 2.76. The van der Waals surface area contributed by atoms with Gasteiger partial charge in [-0.25, -0.2) is 0 Å². The molecule has 1 N–H and O–H groups in total. The number of halogens is 3. The number of benzene rings is 1. The van der Waals surface area contributed by atoms with Crippen molar-refractivity contribution in [3.63, 3.8) is 0 Å². The van der Waals surface area contributed by atoms with Crippen molar-refractivity contribution in [3.8, 4) is 0 Å². The molecule has 1 fully saturated rings. The van der Waals surface area contributed by atoms with Crippen LogP contribution in [0.5, 0.6) is 0 Å². The lowest BCUT2D eigenvalue weighted by molar-refractivity contribution is -0.137. The molecule has 1 aromatic carbocycles. The molecule has 1 aromatic rings. The molecular formula is C15H21F3N2. The summed E-state index contributed by atoms with van der Waals surface area (Å²) in [6.07, 6.45) is -1.98. The first kappa shape index (κ1) is 15.3. The van der Waals surface area contributed by atoms with Crippen molar-refractivity contribution in [2.45, 2.75) is 38.0 Å². The normalized spacial score (nSPS) is 22.8. The van der Waals surface area contributed by atoms with Gasteiger partial charge in [0.05, 0.1) is 5.56 Å². The first-order valence-electron chi connectivity index (χ1n) is 7.00. The molecule has 1 aliphatic rings. The monoisotopic (exact) mass is 286 g/mol. The van der Waals surface area contributed by atoms with Crippen LogP contribution in [0.1, 0.15) is 36.9 Å². The quantitative estimate of drug-likeness (QED) is 0.915. The molecule has 0 bridgehead atoms. The summed E-state index contributed by atoms with van der Waals surface area (Å²) in [5, 5.41) is 3.28. The molecule has 0 aromatic heterocycles. The zero-order valence-electron chi connectivity index (χ0n) is 11.9. The van der Waals surface area contributed by atoms with Crippen molar-refractivity contribution >= 4 is 0 Å². The summed E-state index contributed by atoms with van der Waals surface area (Å²) in [6.45, 7) is 4.00. The number of hydrogen-bond acceptors (Lipinski definition) is 2. The highest BCUT2D eigenvalue weighted by Gasteiger charge is 2.30. The molecule has 5 heteroatoms. The molecule has 2 nitrogen and oxygen atoms in total. The van der Waals surface area contributed by atoms with Gasteiger partial charge in [0.15, 0.2) is 0 Å². The highest BCUT2D eigenvalue weighted by molar-refractivity contribution is 5.26. The van der Waals surface area contributed by atoms with E-state index >= 15 is 0 Å². The summed E-state index contributed by atoms with van der Waals surface area (Å²) in [4.78, 5) is 2.33. The third-order valence-corrected chi connectivity index (χ3v) is 4.13. The largest absolute Gasteiger partial charge is 0.416 e. The highest BCUT2D eigenvalue weighted by atomic mass is 19.4. The summed E-state index contributed by atoms with van der Waals surface area (Å²) >= 11 is 0. The number of nitrogens with one attached hydrogen (secondary N) is 1. The van der Waals surface area contributed by atoms with E-state index in [9.17, 15) is 13.2 Å². The summed E-state index contributed by atoms with van der Waals surface area (Å²) in [5.41, 5.74) is 0.356. The van der Waals surface area contributed by atoms with Gasteiger partial charge in [0.25, 0.3) is 0 Å². The van der Waals surface area contributed by atoms with E-state index < -0.39 is 11.7 Å². The Morgan fingerprint density at radius 3 is 2.45 bits per heavy atom. The second-order valence-corrected chi connectivity index (χ2v) is 5.42. The van der Waals surface area contributed by atoms with Crippen LogP contribution in [0.3, 0.4) is 0 Å². The molecule has 20 heavy (non-hydrogen) atoms. The molecule has 0 amide bonds. The number of rotatable bonds is 3. The third kappa shape index (κ3) is 3.52. The number of alkyl halides is 3. The van der Waals surface area contributed by atoms with Gasteiger partial charge in [0, 0.05) is 18.6 Å². The molecule has 1 saturated heterocycles. The van der Waals surface area contributed by atoms with Crippen molar-refractivity contribution in [1.82, 2.24) is 10.2 Å². The van der Waals surface area contributed by atoms with Crippen molar-refractivity contribution in [1.29, 1.82) is 0 Å². The first-order valence-corrected chi connectivity index (χ1v) is 7.00.